The molecule has 1 N–H and O–H groups in total. The molecule has 4 aromatic carbocycles. The van der Waals surface area contributed by atoms with Crippen LogP contribution >= 0.6 is 0 Å². The molecular formula is C31H30N2O3. The van der Waals surface area contributed by atoms with Gasteiger partial charge in [0.25, 0.3) is 5.91 Å². The fourth-order valence-corrected chi connectivity index (χ4v) is 3.86. The summed E-state index contributed by atoms with van der Waals surface area (Å²) < 4.78 is 5.71. The third kappa shape index (κ3) is 7.57. The monoisotopic (exact) mass is 478 g/mol. The quantitative estimate of drug-likeness (QED) is 0.322. The van der Waals surface area contributed by atoms with Gasteiger partial charge >= 0.3 is 0 Å². The van der Waals surface area contributed by atoms with Crippen LogP contribution in [0.3, 0.4) is 0 Å². The number of anilines is 1. The number of rotatable bonds is 11. The Labute approximate surface area is 212 Å². The van der Waals surface area contributed by atoms with Gasteiger partial charge in [-0.3, -0.25) is 9.59 Å². The molecule has 0 aliphatic carbocycles. The molecular weight excluding hydrogens is 448 g/mol. The van der Waals surface area contributed by atoms with Gasteiger partial charge in [0.2, 0.25) is 5.91 Å². The van der Waals surface area contributed by atoms with Gasteiger partial charge in [-0.1, -0.05) is 91.0 Å². The summed E-state index contributed by atoms with van der Waals surface area (Å²) in [7, 11) is 0. The highest BCUT2D eigenvalue weighted by molar-refractivity contribution is 5.94. The van der Waals surface area contributed by atoms with Gasteiger partial charge in [-0.25, -0.2) is 0 Å². The second kappa shape index (κ2) is 12.9. The molecule has 0 aliphatic heterocycles. The van der Waals surface area contributed by atoms with Crippen molar-refractivity contribution in [1.82, 2.24) is 5.32 Å². The van der Waals surface area contributed by atoms with Crippen molar-refractivity contribution < 1.29 is 14.3 Å². The Kier molecular flexibility index (Phi) is 8.87. The Morgan fingerprint density at radius 2 is 1.25 bits per heavy atom. The van der Waals surface area contributed by atoms with Crippen LogP contribution in [0.1, 0.15) is 16.7 Å². The molecule has 0 aromatic heterocycles. The number of hydrogen-bond donors (Lipinski definition) is 1. The lowest BCUT2D eigenvalue weighted by molar-refractivity contribution is -0.121. The van der Waals surface area contributed by atoms with Crippen LogP contribution in [0.15, 0.2) is 115 Å². The van der Waals surface area contributed by atoms with E-state index in [-0.39, 0.29) is 18.4 Å². The zero-order valence-electron chi connectivity index (χ0n) is 20.2. The molecule has 4 aromatic rings. The number of nitrogens with one attached hydrogen (secondary N) is 1. The summed E-state index contributed by atoms with van der Waals surface area (Å²) in [6, 6.07) is 36.8. The van der Waals surface area contributed by atoms with Crippen molar-refractivity contribution in [2.45, 2.75) is 19.4 Å². The minimum Gasteiger partial charge on any atom is -0.484 e. The minimum absolute atomic E-state index is 0.0211. The largest absolute Gasteiger partial charge is 0.484 e. The van der Waals surface area contributed by atoms with Crippen LogP contribution in [0.2, 0.25) is 0 Å². The number of hydrogen-bond acceptors (Lipinski definition) is 3. The van der Waals surface area contributed by atoms with E-state index in [9.17, 15) is 9.59 Å². The molecule has 0 unspecified atom stereocenters. The molecule has 0 radical (unpaired) electrons. The second-order valence-corrected chi connectivity index (χ2v) is 8.50. The molecule has 0 aliphatic rings. The SMILES string of the molecule is O=C(Cc1ccc(N(Cc2ccccc2)C(=O)COc2ccccc2)cc1)NCCc1ccccc1. The first-order valence-electron chi connectivity index (χ1n) is 12.1. The minimum atomic E-state index is -0.144. The summed E-state index contributed by atoms with van der Waals surface area (Å²) in [5.41, 5.74) is 3.87. The maximum absolute atomic E-state index is 13.2. The third-order valence-corrected chi connectivity index (χ3v) is 5.78. The predicted molar refractivity (Wildman–Crippen MR) is 143 cm³/mol. The summed E-state index contributed by atoms with van der Waals surface area (Å²) in [6.45, 7) is 0.960. The van der Waals surface area contributed by atoms with E-state index < -0.39 is 0 Å². The van der Waals surface area contributed by atoms with E-state index in [4.69, 9.17) is 4.74 Å². The number of benzene rings is 4. The smallest absolute Gasteiger partial charge is 0.265 e. The number of carbonyl (C=O) groups is 2. The van der Waals surface area contributed by atoms with Gasteiger partial charge in [-0.05, 0) is 47.4 Å². The van der Waals surface area contributed by atoms with Gasteiger partial charge in [-0.15, -0.1) is 0 Å². The molecule has 0 heterocycles. The summed E-state index contributed by atoms with van der Waals surface area (Å²) in [4.78, 5) is 27.3. The van der Waals surface area contributed by atoms with Crippen molar-refractivity contribution >= 4 is 17.5 Å². The van der Waals surface area contributed by atoms with E-state index in [1.165, 1.54) is 5.56 Å². The Morgan fingerprint density at radius 1 is 0.667 bits per heavy atom. The van der Waals surface area contributed by atoms with Crippen molar-refractivity contribution in [3.05, 3.63) is 132 Å². The average molecular weight is 479 g/mol. The fourth-order valence-electron chi connectivity index (χ4n) is 3.86. The molecule has 5 nitrogen and oxygen atoms in total. The molecule has 0 bridgehead atoms. The standard InChI is InChI=1S/C31H30N2O3/c34-30(32-21-20-25-10-4-1-5-11-25)22-26-16-18-28(19-17-26)33(23-27-12-6-2-7-13-27)31(35)24-36-29-14-8-3-9-15-29/h1-19H,20-24H2,(H,32,34). The lowest BCUT2D eigenvalue weighted by atomic mass is 10.1. The van der Waals surface area contributed by atoms with E-state index >= 15 is 0 Å². The Balaban J connectivity index is 1.37. The van der Waals surface area contributed by atoms with Crippen LogP contribution in [0.5, 0.6) is 5.75 Å². The topological polar surface area (TPSA) is 58.6 Å². The van der Waals surface area contributed by atoms with Crippen molar-refractivity contribution in [3.63, 3.8) is 0 Å². The number of amides is 2. The number of ether oxygens (including phenoxy) is 1. The molecule has 0 fully saturated rings. The molecule has 2 amide bonds. The molecule has 182 valence electrons. The molecule has 0 saturated heterocycles. The van der Waals surface area contributed by atoms with Gasteiger partial charge in [0.15, 0.2) is 6.61 Å². The Morgan fingerprint density at radius 3 is 1.89 bits per heavy atom. The van der Waals surface area contributed by atoms with Gasteiger partial charge < -0.3 is 15.0 Å². The van der Waals surface area contributed by atoms with E-state index in [1.54, 1.807) is 4.90 Å². The summed E-state index contributed by atoms with van der Waals surface area (Å²) in [5.74, 6) is 0.486. The highest BCUT2D eigenvalue weighted by atomic mass is 16.5. The molecule has 4 rings (SSSR count). The number of carbonyl (C=O) groups excluding carboxylic acids is 2. The van der Waals surface area contributed by atoms with Crippen molar-refractivity contribution in [2.24, 2.45) is 0 Å². The zero-order chi connectivity index (χ0) is 25.0. The first kappa shape index (κ1) is 24.7. The highest BCUT2D eigenvalue weighted by Gasteiger charge is 2.17. The van der Waals surface area contributed by atoms with E-state index in [0.29, 0.717) is 25.3 Å². The second-order valence-electron chi connectivity index (χ2n) is 8.50. The van der Waals surface area contributed by atoms with Gasteiger partial charge in [0.05, 0.1) is 13.0 Å². The van der Waals surface area contributed by atoms with Crippen molar-refractivity contribution in [1.29, 1.82) is 0 Å². The van der Waals surface area contributed by atoms with Gasteiger partial charge in [-0.2, -0.15) is 0 Å². The van der Waals surface area contributed by atoms with Crippen LogP contribution in [0.25, 0.3) is 0 Å². The van der Waals surface area contributed by atoms with E-state index in [0.717, 1.165) is 23.2 Å². The van der Waals surface area contributed by atoms with Crippen molar-refractivity contribution in [2.75, 3.05) is 18.1 Å². The van der Waals surface area contributed by atoms with Crippen LogP contribution in [0, 0.1) is 0 Å². The van der Waals surface area contributed by atoms with E-state index in [1.807, 2.05) is 103 Å². The third-order valence-electron chi connectivity index (χ3n) is 5.78. The molecule has 5 heteroatoms. The molecule has 0 atom stereocenters. The lowest BCUT2D eigenvalue weighted by Crippen LogP contribution is -2.34. The van der Waals surface area contributed by atoms with Crippen LogP contribution in [0.4, 0.5) is 5.69 Å². The molecule has 0 spiro atoms. The molecule has 0 saturated carbocycles. The maximum Gasteiger partial charge on any atom is 0.265 e. The molecule has 36 heavy (non-hydrogen) atoms. The van der Waals surface area contributed by atoms with Gasteiger partial charge in [0, 0.05) is 12.2 Å². The van der Waals surface area contributed by atoms with Crippen LogP contribution in [-0.2, 0) is 29.0 Å². The fraction of sp³-hybridized carbons (Fsp3) is 0.161. The normalized spacial score (nSPS) is 10.4. The summed E-state index contributed by atoms with van der Waals surface area (Å²) in [5, 5.41) is 2.98. The summed E-state index contributed by atoms with van der Waals surface area (Å²) in [6.07, 6.45) is 1.09. The summed E-state index contributed by atoms with van der Waals surface area (Å²) >= 11 is 0. The first-order chi connectivity index (χ1) is 17.7. The predicted octanol–water partition coefficient (Wildman–Crippen LogP) is 5.20. The lowest BCUT2D eigenvalue weighted by Gasteiger charge is -2.23. The van der Waals surface area contributed by atoms with E-state index in [2.05, 4.69) is 17.4 Å². The maximum atomic E-state index is 13.2. The van der Waals surface area contributed by atoms with Crippen LogP contribution < -0.4 is 15.0 Å². The first-order valence-corrected chi connectivity index (χ1v) is 12.1. The highest BCUT2D eigenvalue weighted by Crippen LogP contribution is 2.20. The Hall–Kier alpha value is -4.38. The zero-order valence-corrected chi connectivity index (χ0v) is 20.2. The number of nitrogens with zero attached hydrogens (tertiary/aromatic N) is 1. The van der Waals surface area contributed by atoms with Crippen LogP contribution in [-0.4, -0.2) is 25.0 Å². The number of para-hydroxylation sites is 1. The van der Waals surface area contributed by atoms with Gasteiger partial charge in [0.1, 0.15) is 5.75 Å². The Bertz CT molecular complexity index is 1230. The van der Waals surface area contributed by atoms with Crippen molar-refractivity contribution in [3.8, 4) is 5.75 Å². The average Bonchev–Trinajstić information content (AvgIpc) is 2.93.